The number of nitrogens with one attached hydrogen (secondary N) is 1. The largest absolute Gasteiger partial charge is 0.495 e. The summed E-state index contributed by atoms with van der Waals surface area (Å²) in [7, 11) is 4.60. The Balaban J connectivity index is 2.86. The van der Waals surface area contributed by atoms with Gasteiger partial charge in [-0.25, -0.2) is 9.59 Å². The molecule has 0 heterocycles. The molecule has 0 unspecified atom stereocenters. The highest BCUT2D eigenvalue weighted by Crippen LogP contribution is 2.25. The molecular formula is C13H18N2O5. The number of hydrogen-bond acceptors (Lipinski definition) is 4. The number of methoxy groups -OCH3 is 2. The van der Waals surface area contributed by atoms with Crippen molar-refractivity contribution >= 4 is 17.7 Å². The third-order valence-corrected chi connectivity index (χ3v) is 2.67. The Morgan fingerprint density at radius 3 is 2.60 bits per heavy atom. The lowest BCUT2D eigenvalue weighted by atomic mass is 10.2. The lowest BCUT2D eigenvalue weighted by molar-refractivity contribution is 0.0697. The van der Waals surface area contributed by atoms with Crippen LogP contribution in [0.4, 0.5) is 10.5 Å². The van der Waals surface area contributed by atoms with E-state index < -0.39 is 5.97 Å². The van der Waals surface area contributed by atoms with E-state index in [0.717, 1.165) is 0 Å². The summed E-state index contributed by atoms with van der Waals surface area (Å²) in [5, 5.41) is 11.6. The Hall–Kier alpha value is -2.28. The molecule has 0 aliphatic heterocycles. The van der Waals surface area contributed by atoms with Crippen LogP contribution >= 0.6 is 0 Å². The van der Waals surface area contributed by atoms with Gasteiger partial charge in [0.2, 0.25) is 0 Å². The predicted octanol–water partition coefficient (Wildman–Crippen LogP) is 1.50. The van der Waals surface area contributed by atoms with Crippen molar-refractivity contribution in [3.8, 4) is 5.75 Å². The molecule has 7 heteroatoms. The number of benzene rings is 1. The molecule has 0 bridgehead atoms. The van der Waals surface area contributed by atoms with Crippen molar-refractivity contribution in [2.45, 2.75) is 0 Å². The normalized spacial score (nSPS) is 9.95. The molecule has 0 aromatic heterocycles. The summed E-state index contributed by atoms with van der Waals surface area (Å²) in [6.07, 6.45) is 0. The first-order valence-corrected chi connectivity index (χ1v) is 5.92. The van der Waals surface area contributed by atoms with Crippen molar-refractivity contribution in [2.75, 3.05) is 39.7 Å². The van der Waals surface area contributed by atoms with Gasteiger partial charge in [-0.2, -0.15) is 0 Å². The summed E-state index contributed by atoms with van der Waals surface area (Å²) in [6.45, 7) is 0.833. The van der Waals surface area contributed by atoms with Crippen LogP contribution in [0.3, 0.4) is 0 Å². The fourth-order valence-corrected chi connectivity index (χ4v) is 1.48. The van der Waals surface area contributed by atoms with E-state index in [-0.39, 0.29) is 11.6 Å². The number of amides is 2. The van der Waals surface area contributed by atoms with Crippen LogP contribution in [-0.4, -0.2) is 56.4 Å². The van der Waals surface area contributed by atoms with Crippen molar-refractivity contribution in [1.82, 2.24) is 4.90 Å². The number of carboxylic acid groups (broad SMARTS) is 1. The Morgan fingerprint density at radius 2 is 2.05 bits per heavy atom. The monoisotopic (exact) mass is 282 g/mol. The standard InChI is InChI=1S/C13H18N2O5/c1-15(6-7-19-2)13(18)14-10-8-9(12(16)17)4-5-11(10)20-3/h4-5,8H,6-7H2,1-3H3,(H,14,18)(H,16,17). The van der Waals surface area contributed by atoms with Crippen LogP contribution in [0.1, 0.15) is 10.4 Å². The minimum absolute atomic E-state index is 0.0700. The van der Waals surface area contributed by atoms with Gasteiger partial charge in [-0.05, 0) is 18.2 Å². The Morgan fingerprint density at radius 1 is 1.35 bits per heavy atom. The molecule has 7 nitrogen and oxygen atoms in total. The first-order chi connectivity index (χ1) is 9.49. The van der Waals surface area contributed by atoms with E-state index in [9.17, 15) is 9.59 Å². The molecule has 1 aromatic rings. The van der Waals surface area contributed by atoms with Gasteiger partial charge in [-0.1, -0.05) is 0 Å². The molecule has 2 amide bonds. The molecular weight excluding hydrogens is 264 g/mol. The maximum Gasteiger partial charge on any atom is 0.335 e. The van der Waals surface area contributed by atoms with E-state index in [0.29, 0.717) is 24.6 Å². The number of hydrogen-bond donors (Lipinski definition) is 2. The van der Waals surface area contributed by atoms with Crippen LogP contribution in [0.25, 0.3) is 0 Å². The van der Waals surface area contributed by atoms with Crippen molar-refractivity contribution in [3.63, 3.8) is 0 Å². The first-order valence-electron chi connectivity index (χ1n) is 5.92. The molecule has 0 aliphatic carbocycles. The minimum Gasteiger partial charge on any atom is -0.495 e. The third kappa shape index (κ3) is 4.13. The second-order valence-corrected chi connectivity index (χ2v) is 4.06. The van der Waals surface area contributed by atoms with Gasteiger partial charge in [-0.15, -0.1) is 0 Å². The number of ether oxygens (including phenoxy) is 2. The number of urea groups is 1. The third-order valence-electron chi connectivity index (χ3n) is 2.67. The summed E-state index contributed by atoms with van der Waals surface area (Å²) < 4.78 is 9.98. The van der Waals surface area contributed by atoms with Gasteiger partial charge in [0.15, 0.2) is 0 Å². The quantitative estimate of drug-likeness (QED) is 0.825. The molecule has 0 aliphatic rings. The highest BCUT2D eigenvalue weighted by molar-refractivity contribution is 5.94. The van der Waals surface area contributed by atoms with Gasteiger partial charge >= 0.3 is 12.0 Å². The summed E-state index contributed by atoms with van der Waals surface area (Å²) in [5.74, 6) is -0.681. The van der Waals surface area contributed by atoms with Gasteiger partial charge in [0.1, 0.15) is 5.75 Å². The van der Waals surface area contributed by atoms with Crippen LogP contribution in [0.5, 0.6) is 5.75 Å². The second-order valence-electron chi connectivity index (χ2n) is 4.06. The van der Waals surface area contributed by atoms with Crippen LogP contribution < -0.4 is 10.1 Å². The minimum atomic E-state index is -1.07. The van der Waals surface area contributed by atoms with E-state index >= 15 is 0 Å². The topological polar surface area (TPSA) is 88.1 Å². The number of carbonyl (C=O) groups is 2. The molecule has 110 valence electrons. The molecule has 20 heavy (non-hydrogen) atoms. The molecule has 0 fully saturated rings. The van der Waals surface area contributed by atoms with Gasteiger partial charge in [0.05, 0.1) is 25.0 Å². The summed E-state index contributed by atoms with van der Waals surface area (Å²) >= 11 is 0. The summed E-state index contributed by atoms with van der Waals surface area (Å²) in [4.78, 5) is 24.3. The Labute approximate surface area is 117 Å². The van der Waals surface area contributed by atoms with Gasteiger partial charge in [0.25, 0.3) is 0 Å². The zero-order valence-corrected chi connectivity index (χ0v) is 11.7. The van der Waals surface area contributed by atoms with E-state index in [1.807, 2.05) is 0 Å². The smallest absolute Gasteiger partial charge is 0.335 e. The predicted molar refractivity (Wildman–Crippen MR) is 73.5 cm³/mol. The highest BCUT2D eigenvalue weighted by atomic mass is 16.5. The lowest BCUT2D eigenvalue weighted by Crippen LogP contribution is -2.34. The molecule has 0 radical (unpaired) electrons. The zero-order valence-electron chi connectivity index (χ0n) is 11.7. The average Bonchev–Trinajstić information content (AvgIpc) is 2.44. The molecule has 1 rings (SSSR count). The molecule has 0 spiro atoms. The molecule has 0 atom stereocenters. The number of anilines is 1. The van der Waals surface area contributed by atoms with Crippen molar-refractivity contribution in [3.05, 3.63) is 23.8 Å². The van der Waals surface area contributed by atoms with Gasteiger partial charge in [0, 0.05) is 20.7 Å². The Bertz CT molecular complexity index is 490. The summed E-state index contributed by atoms with van der Waals surface area (Å²) in [6, 6.07) is 3.88. The van der Waals surface area contributed by atoms with E-state index in [2.05, 4.69) is 5.32 Å². The fraction of sp³-hybridized carbons (Fsp3) is 0.385. The van der Waals surface area contributed by atoms with Crippen LogP contribution in [-0.2, 0) is 4.74 Å². The second kappa shape index (κ2) is 7.34. The van der Waals surface area contributed by atoms with E-state index in [1.54, 1.807) is 14.2 Å². The maximum absolute atomic E-state index is 11.9. The maximum atomic E-state index is 11.9. The van der Waals surface area contributed by atoms with Crippen LogP contribution in [0.2, 0.25) is 0 Å². The van der Waals surface area contributed by atoms with Crippen LogP contribution in [0, 0.1) is 0 Å². The molecule has 0 saturated heterocycles. The molecule has 0 saturated carbocycles. The van der Waals surface area contributed by atoms with E-state index in [4.69, 9.17) is 14.6 Å². The van der Waals surface area contributed by atoms with Crippen molar-refractivity contribution in [1.29, 1.82) is 0 Å². The highest BCUT2D eigenvalue weighted by Gasteiger charge is 2.14. The zero-order chi connectivity index (χ0) is 15.1. The average molecular weight is 282 g/mol. The Kier molecular flexibility index (Phi) is 5.79. The molecule has 1 aromatic carbocycles. The number of likely N-dealkylation sites (N-methyl/N-ethyl adjacent to an activating group) is 1. The van der Waals surface area contributed by atoms with Crippen molar-refractivity contribution < 1.29 is 24.2 Å². The number of rotatable bonds is 6. The van der Waals surface area contributed by atoms with E-state index in [1.165, 1.54) is 30.2 Å². The SMILES string of the molecule is COCCN(C)C(=O)Nc1cc(C(=O)O)ccc1OC. The number of aromatic carboxylic acids is 1. The van der Waals surface area contributed by atoms with Gasteiger partial charge in [-0.3, -0.25) is 0 Å². The molecule has 2 N–H and O–H groups in total. The summed E-state index contributed by atoms with van der Waals surface area (Å²) in [5.41, 5.74) is 0.377. The van der Waals surface area contributed by atoms with Crippen LogP contribution in [0.15, 0.2) is 18.2 Å². The van der Waals surface area contributed by atoms with Crippen molar-refractivity contribution in [2.24, 2.45) is 0 Å². The first kappa shape index (κ1) is 15.8. The lowest BCUT2D eigenvalue weighted by Gasteiger charge is -2.18. The number of carbonyl (C=O) groups excluding carboxylic acids is 1. The van der Waals surface area contributed by atoms with Gasteiger partial charge < -0.3 is 24.8 Å². The number of nitrogens with zero attached hydrogens (tertiary/aromatic N) is 1. The fourth-order valence-electron chi connectivity index (χ4n) is 1.48. The number of carboxylic acids is 1.